The predicted molar refractivity (Wildman–Crippen MR) is 515 cm³/mol. The highest BCUT2D eigenvalue weighted by atomic mass is 35.5. The third kappa shape index (κ3) is 21.9. The lowest BCUT2D eigenvalue weighted by atomic mass is 9.95. The molecule has 6 aromatic carbocycles. The first-order chi connectivity index (χ1) is 66.3. The Hall–Kier alpha value is -13.0. The number of carbonyl (C=O) groups is 9. The van der Waals surface area contributed by atoms with Crippen molar-refractivity contribution in [1.29, 1.82) is 0 Å². The molecule has 0 radical (unpaired) electrons. The number of benzene rings is 6. The zero-order valence-corrected chi connectivity index (χ0v) is 80.2. The average Bonchev–Trinajstić information content (AvgIpc) is 1.22. The van der Waals surface area contributed by atoms with Gasteiger partial charge in [0.15, 0.2) is 32.5 Å². The Morgan fingerprint density at radius 2 is 0.783 bits per heavy atom. The highest BCUT2D eigenvalue weighted by Crippen LogP contribution is 2.43. The maximum atomic E-state index is 14.0. The minimum Gasteiger partial charge on any atom is -0.481 e. The monoisotopic (exact) mass is 2000 g/mol. The summed E-state index contributed by atoms with van der Waals surface area (Å²) in [5, 5.41) is 45.0. The van der Waals surface area contributed by atoms with E-state index in [4.69, 9.17) is 79.3 Å². The second-order valence-electron chi connectivity index (χ2n) is 34.3. The van der Waals surface area contributed by atoms with E-state index in [2.05, 4.69) is 45.6 Å². The number of aryl methyl sites for hydroxylation is 2. The number of thiazole rings is 3. The van der Waals surface area contributed by atoms with Crippen molar-refractivity contribution in [1.82, 2.24) is 60.3 Å². The van der Waals surface area contributed by atoms with Crippen molar-refractivity contribution in [2.75, 3.05) is 134 Å². The summed E-state index contributed by atoms with van der Waals surface area (Å²) in [7, 11) is 3.90. The molecule has 9 aromatic rings. The SMILES string of the molecule is COC(=O)C1=C(CN2CCN3C(=O)N(c4ccc(CCC(=O)O)cc4)C[C@@H]3C2)NC(c2nc(C)cs2)=N[C@H]1c1ccc(F)cc1Cl.COC(=O)C1=C(CN2CCN3C(=O)N(c4ccc([C@@H](C)CC(=O)O)cc4)C[C@@H]3C2)NC(c2nccs2)=N[C@H]1c1ccc(F)cc1Cl.COC(=O)C1=C(CN2CCN3C(=O)N(c4ccc([C@H](C)CC(=O)O)cc4)C[C@@H]3C2)NC(c2nccs2)=N[C@H]1c1ccc(F)cc1Cl. The number of anilines is 3. The van der Waals surface area contributed by atoms with Crippen molar-refractivity contribution in [2.45, 2.75) is 94.5 Å². The van der Waals surface area contributed by atoms with Crippen LogP contribution in [-0.2, 0) is 49.4 Å². The van der Waals surface area contributed by atoms with Gasteiger partial charge in [0.2, 0.25) is 0 Å². The number of amides is 6. The standard InChI is InChI=1S/3C32H32ClFN6O5S/c1-18-17-46-30(35-18)29-36-25(27(31(43)45-2)28(37-29)23-9-6-20(34)13-24(23)33)16-38-11-12-39-22(14-38)15-40(32(39)44)21-7-3-19(4-8-21)5-10-26(41)42;2*1-18(13-26(41)42)19-3-6-21(7-4-19)40-16-22-15-38(10-11-39(22)32(40)44)17-25-27(31(43)45-2)28(23-8-5-20(34)14-24(23)33)37-29(36-25)30-35-9-12-46-30/h3-4,6-9,13,17,22,28H,5,10-12,14-16H2,1-2H3,(H,36,37)(H,41,42);2*3-9,12,14,18,22,28H,10-11,13,15-17H2,1-2H3,(H,36,37)(H,41,42)/t22-,28-;18-,22+,28+;18-,22-,28-/m010/s1. The van der Waals surface area contributed by atoms with Crippen molar-refractivity contribution in [3.8, 4) is 0 Å². The Bertz CT molecular complexity index is 6120. The maximum Gasteiger partial charge on any atom is 0.338 e. The van der Waals surface area contributed by atoms with Crippen LogP contribution in [-0.4, -0.2) is 269 Å². The number of ether oxygens (including phenoxy) is 3. The summed E-state index contributed by atoms with van der Waals surface area (Å²) in [6, 6.07) is 31.3. The number of rotatable bonds is 27. The molecule has 9 aliphatic rings. The van der Waals surface area contributed by atoms with Crippen LogP contribution in [0.25, 0.3) is 0 Å². The van der Waals surface area contributed by atoms with Crippen LogP contribution in [0.3, 0.4) is 0 Å². The summed E-state index contributed by atoms with van der Waals surface area (Å²) in [6.07, 6.45) is 3.86. The van der Waals surface area contributed by atoms with Gasteiger partial charge < -0.3 is 60.2 Å². The number of methoxy groups -OCH3 is 3. The molecule has 138 heavy (non-hydrogen) atoms. The van der Waals surface area contributed by atoms with Gasteiger partial charge in [-0.05, 0) is 115 Å². The topological polar surface area (TPSA) is 383 Å². The Morgan fingerprint density at radius 3 is 1.07 bits per heavy atom. The lowest BCUT2D eigenvalue weighted by Crippen LogP contribution is -2.53. The molecule has 33 nitrogen and oxygen atoms in total. The summed E-state index contributed by atoms with van der Waals surface area (Å²) in [5.74, 6) is -4.71. The van der Waals surface area contributed by atoms with E-state index in [-0.39, 0.29) is 99.1 Å². The Kier molecular flexibility index (Phi) is 30.5. The number of aliphatic imine (C=N–C) groups is 3. The largest absolute Gasteiger partial charge is 0.481 e. The number of amidine groups is 3. The number of fused-ring (bicyclic) bond motifs is 3. The molecule has 0 saturated carbocycles. The molecule has 6 saturated heterocycles. The van der Waals surface area contributed by atoms with E-state index >= 15 is 0 Å². The van der Waals surface area contributed by atoms with Crippen molar-refractivity contribution >= 4 is 157 Å². The molecule has 12 heterocycles. The van der Waals surface area contributed by atoms with Crippen LogP contribution in [0.5, 0.6) is 0 Å². The van der Waals surface area contributed by atoms with Crippen molar-refractivity contribution in [3.05, 3.63) is 276 Å². The van der Waals surface area contributed by atoms with Crippen LogP contribution in [0.15, 0.2) is 205 Å². The second kappa shape index (κ2) is 43.0. The number of carbonyl (C=O) groups excluding carboxylic acids is 6. The van der Waals surface area contributed by atoms with Crippen LogP contribution < -0.4 is 30.7 Å². The Balaban J connectivity index is 0.000000150. The van der Waals surface area contributed by atoms with Gasteiger partial charge in [-0.15, -0.1) is 34.0 Å². The van der Waals surface area contributed by atoms with E-state index in [1.807, 2.05) is 124 Å². The molecule has 3 aromatic heterocycles. The quantitative estimate of drug-likeness (QED) is 0.0206. The summed E-state index contributed by atoms with van der Waals surface area (Å²) < 4.78 is 57.6. The Morgan fingerprint density at radius 1 is 0.449 bits per heavy atom. The normalized spacial score (nSPS) is 20.5. The number of nitrogens with zero attached hydrogens (tertiary/aromatic N) is 15. The zero-order chi connectivity index (χ0) is 97.6. The molecular formula is C96H96Cl3F3N18O15S3. The lowest BCUT2D eigenvalue weighted by Gasteiger charge is -2.38. The first kappa shape index (κ1) is 98.1. The summed E-state index contributed by atoms with van der Waals surface area (Å²) in [4.78, 5) is 158. The number of hydrogen-bond acceptors (Lipinski definition) is 27. The maximum absolute atomic E-state index is 14.0. The fourth-order valence-electron chi connectivity index (χ4n) is 18.4. The third-order valence-corrected chi connectivity index (χ3v) is 28.8. The van der Waals surface area contributed by atoms with Crippen LogP contribution in [0.2, 0.25) is 15.1 Å². The van der Waals surface area contributed by atoms with Gasteiger partial charge in [-0.2, -0.15) is 0 Å². The number of carboxylic acids is 3. The van der Waals surface area contributed by atoms with Crippen LogP contribution in [0.4, 0.5) is 44.6 Å². The number of aliphatic carboxylic acids is 3. The first-order valence-electron chi connectivity index (χ1n) is 44.3. The lowest BCUT2D eigenvalue weighted by molar-refractivity contribution is -0.138. The van der Waals surface area contributed by atoms with Crippen LogP contribution >= 0.6 is 68.8 Å². The molecule has 6 N–H and O–H groups in total. The van der Waals surface area contributed by atoms with Gasteiger partial charge in [-0.1, -0.05) is 103 Å². The molecule has 42 heteroatoms. The van der Waals surface area contributed by atoms with Gasteiger partial charge >= 0.3 is 53.9 Å². The molecule has 0 spiro atoms. The highest BCUT2D eigenvalue weighted by molar-refractivity contribution is 7.12. The number of piperazine rings is 3. The van der Waals surface area contributed by atoms with Crippen LogP contribution in [0.1, 0.15) is 117 Å². The summed E-state index contributed by atoms with van der Waals surface area (Å²) in [6.45, 7) is 12.9. The van der Waals surface area contributed by atoms with Gasteiger partial charge in [0.1, 0.15) is 35.6 Å². The van der Waals surface area contributed by atoms with E-state index in [0.717, 1.165) is 39.4 Å². The van der Waals surface area contributed by atoms with E-state index in [1.54, 1.807) is 27.1 Å². The summed E-state index contributed by atoms with van der Waals surface area (Å²) in [5.41, 5.74) is 9.67. The number of hydrogen-bond donors (Lipinski definition) is 6. The van der Waals surface area contributed by atoms with Crippen LogP contribution in [0, 0.1) is 24.4 Å². The summed E-state index contributed by atoms with van der Waals surface area (Å²) >= 11 is 23.6. The molecule has 0 bridgehead atoms. The molecule has 18 rings (SSSR count). The number of urea groups is 3. The molecule has 720 valence electrons. The molecule has 0 aliphatic carbocycles. The van der Waals surface area contributed by atoms with Gasteiger partial charge in [-0.25, -0.2) is 56.9 Å². The molecule has 0 unspecified atom stereocenters. The molecule has 8 atom stereocenters. The van der Waals surface area contributed by atoms with E-state index in [1.165, 1.54) is 110 Å². The number of carboxylic acid groups (broad SMARTS) is 3. The highest BCUT2D eigenvalue weighted by Gasteiger charge is 2.47. The van der Waals surface area contributed by atoms with E-state index in [9.17, 15) is 56.3 Å². The molecular weight excluding hydrogens is 1900 g/mol. The van der Waals surface area contributed by atoms with Crippen molar-refractivity contribution < 1.29 is 85.9 Å². The van der Waals surface area contributed by atoms with Gasteiger partial charge in [0.25, 0.3) is 0 Å². The van der Waals surface area contributed by atoms with Gasteiger partial charge in [-0.3, -0.25) is 58.8 Å². The molecule has 6 amide bonds. The second-order valence-corrected chi connectivity index (χ2v) is 38.2. The fourth-order valence-corrected chi connectivity index (χ4v) is 21.1. The zero-order valence-electron chi connectivity index (χ0n) is 75.5. The van der Waals surface area contributed by atoms with E-state index in [0.29, 0.717) is 171 Å². The Labute approximate surface area is 818 Å². The molecule has 9 aliphatic heterocycles. The minimum absolute atomic E-state index is 0.0333. The molecule has 6 fully saturated rings. The number of esters is 3. The first-order valence-corrected chi connectivity index (χ1v) is 48.0. The van der Waals surface area contributed by atoms with Crippen molar-refractivity contribution in [3.63, 3.8) is 0 Å². The third-order valence-electron chi connectivity index (χ3n) is 25.3. The van der Waals surface area contributed by atoms with Gasteiger partial charge in [0, 0.05) is 205 Å². The number of nitrogens with one attached hydrogen (secondary N) is 3. The van der Waals surface area contributed by atoms with E-state index < -0.39 is 71.4 Å². The average molecular weight is 2000 g/mol. The van der Waals surface area contributed by atoms with Crippen molar-refractivity contribution in [2.24, 2.45) is 15.0 Å². The predicted octanol–water partition coefficient (Wildman–Crippen LogP) is 13.7. The number of aromatic nitrogens is 3. The fraction of sp³-hybridized carbons (Fsp3) is 0.344. The van der Waals surface area contributed by atoms with Gasteiger partial charge in [0.05, 0.1) is 69.0 Å². The minimum atomic E-state index is -0.862. The smallest absolute Gasteiger partial charge is 0.338 e. The number of halogens is 6.